The van der Waals surface area contributed by atoms with E-state index in [0.717, 1.165) is 56.0 Å². The largest absolute Gasteiger partial charge is 0.393 e. The number of thiazole rings is 1. The second-order valence-corrected chi connectivity index (χ2v) is 12.5. The number of anilines is 1. The summed E-state index contributed by atoms with van der Waals surface area (Å²) in [5.41, 5.74) is 6.98. The molecule has 31 heavy (non-hydrogen) atoms. The Kier molecular flexibility index (Phi) is 4.84. The summed E-state index contributed by atoms with van der Waals surface area (Å²) < 4.78 is 0. The average Bonchev–Trinajstić information content (AvgIpc) is 3.29. The van der Waals surface area contributed by atoms with Crippen LogP contribution >= 0.6 is 11.3 Å². The highest BCUT2D eigenvalue weighted by Gasteiger charge is 2.58. The molecule has 2 N–H and O–H groups in total. The van der Waals surface area contributed by atoms with Crippen molar-refractivity contribution in [3.05, 3.63) is 16.6 Å². The number of hydrogen-bond acceptors (Lipinski definition) is 6. The van der Waals surface area contributed by atoms with Crippen molar-refractivity contribution in [1.29, 1.82) is 0 Å². The molecule has 0 spiro atoms. The molecule has 4 aliphatic carbocycles. The van der Waals surface area contributed by atoms with Gasteiger partial charge in [0.05, 0.1) is 16.7 Å². The molecule has 6 rings (SSSR count). The smallest absolute Gasteiger partial charge is 0.198 e. The number of allylic oxidation sites excluding steroid dienone is 2. The van der Waals surface area contributed by atoms with Gasteiger partial charge in [-0.2, -0.15) is 0 Å². The topological polar surface area (TPSA) is 51.6 Å². The maximum atomic E-state index is 10.7. The van der Waals surface area contributed by atoms with E-state index in [1.165, 1.54) is 42.7 Å². The van der Waals surface area contributed by atoms with Crippen LogP contribution in [0.25, 0.3) is 5.57 Å². The molecule has 2 heterocycles. The van der Waals surface area contributed by atoms with Crippen LogP contribution in [0.5, 0.6) is 0 Å². The molecule has 5 aliphatic rings. The van der Waals surface area contributed by atoms with Crippen LogP contribution in [-0.4, -0.2) is 59.3 Å². The standard InChI is InChI=1S/C25H38N4OS/c1-24-11-9-20-22(31-23(26-20)27-29-14-12-28(3)13-15-29)19(24)5-4-16-17-6-7-21(30)25(17,2)10-8-18(16)24/h5,16-18,21,30H,4,6-15H2,1-3H3,(H,26,27)/t16-,17-,18-,21-,24+,25-/m0/s1. The van der Waals surface area contributed by atoms with Gasteiger partial charge in [0.15, 0.2) is 5.13 Å². The molecule has 0 aromatic carbocycles. The van der Waals surface area contributed by atoms with Crippen LogP contribution in [0.3, 0.4) is 0 Å². The molecule has 1 aromatic heterocycles. The van der Waals surface area contributed by atoms with E-state index in [9.17, 15) is 5.11 Å². The molecule has 0 radical (unpaired) electrons. The molecular formula is C25H38N4OS. The molecule has 0 amide bonds. The van der Waals surface area contributed by atoms with Crippen LogP contribution in [0, 0.1) is 28.6 Å². The van der Waals surface area contributed by atoms with Crippen LogP contribution in [-0.2, 0) is 6.42 Å². The number of piperazine rings is 1. The number of likely N-dealkylation sites (N-methyl/N-ethyl adjacent to an activating group) is 1. The zero-order valence-electron chi connectivity index (χ0n) is 19.4. The van der Waals surface area contributed by atoms with E-state index in [1.807, 2.05) is 11.3 Å². The number of aliphatic hydroxyl groups excluding tert-OH is 1. The van der Waals surface area contributed by atoms with Gasteiger partial charge in [0.2, 0.25) is 0 Å². The normalized spacial score (nSPS) is 42.9. The van der Waals surface area contributed by atoms with E-state index < -0.39 is 0 Å². The van der Waals surface area contributed by atoms with Crippen LogP contribution in [0.15, 0.2) is 6.08 Å². The number of aromatic nitrogens is 1. The zero-order valence-corrected chi connectivity index (χ0v) is 20.2. The highest BCUT2D eigenvalue weighted by atomic mass is 32.1. The summed E-state index contributed by atoms with van der Waals surface area (Å²) in [4.78, 5) is 8.89. The zero-order chi connectivity index (χ0) is 21.4. The van der Waals surface area contributed by atoms with Gasteiger partial charge in [0.25, 0.3) is 0 Å². The quantitative estimate of drug-likeness (QED) is 0.717. The number of hydrogen-bond donors (Lipinski definition) is 2. The third-order valence-corrected chi connectivity index (χ3v) is 11.0. The lowest BCUT2D eigenvalue weighted by Crippen LogP contribution is -2.50. The molecule has 2 saturated carbocycles. The predicted molar refractivity (Wildman–Crippen MR) is 127 cm³/mol. The summed E-state index contributed by atoms with van der Waals surface area (Å²) >= 11 is 1.89. The Bertz CT molecular complexity index is 890. The van der Waals surface area contributed by atoms with Crippen molar-refractivity contribution < 1.29 is 5.11 Å². The fourth-order valence-corrected chi connectivity index (χ4v) is 9.17. The minimum atomic E-state index is -0.0840. The molecule has 170 valence electrons. The Morgan fingerprint density at radius 3 is 2.71 bits per heavy atom. The van der Waals surface area contributed by atoms with Crippen molar-refractivity contribution >= 4 is 22.0 Å². The lowest BCUT2D eigenvalue weighted by atomic mass is 9.48. The minimum absolute atomic E-state index is 0.0840. The molecule has 1 saturated heterocycles. The SMILES string of the molecule is CN1CCN(Nc2nc3c(s2)C2=CC[C@H]4[C@@H]5CC[C@H](O)[C@@]5(C)CC[C@@H]4[C@@]2(C)CC3)CC1. The van der Waals surface area contributed by atoms with Gasteiger partial charge in [-0.25, -0.2) is 9.99 Å². The maximum absolute atomic E-state index is 10.7. The molecule has 6 heteroatoms. The summed E-state index contributed by atoms with van der Waals surface area (Å²) in [5.74, 6) is 2.22. The lowest BCUT2D eigenvalue weighted by molar-refractivity contribution is -0.0579. The average molecular weight is 443 g/mol. The van der Waals surface area contributed by atoms with E-state index >= 15 is 0 Å². The van der Waals surface area contributed by atoms with Gasteiger partial charge < -0.3 is 10.0 Å². The van der Waals surface area contributed by atoms with Crippen LogP contribution in [0.2, 0.25) is 0 Å². The number of hydrazine groups is 1. The summed E-state index contributed by atoms with van der Waals surface area (Å²) in [6, 6.07) is 0. The molecule has 1 aliphatic heterocycles. The van der Waals surface area contributed by atoms with E-state index in [-0.39, 0.29) is 16.9 Å². The van der Waals surface area contributed by atoms with Crippen molar-refractivity contribution in [1.82, 2.24) is 14.9 Å². The van der Waals surface area contributed by atoms with E-state index in [1.54, 1.807) is 5.57 Å². The molecule has 1 aromatic rings. The van der Waals surface area contributed by atoms with Crippen molar-refractivity contribution in [2.75, 3.05) is 38.7 Å². The number of aliphatic hydroxyl groups is 1. The van der Waals surface area contributed by atoms with E-state index in [2.05, 4.69) is 42.3 Å². The molecule has 5 nitrogen and oxygen atoms in total. The fraction of sp³-hybridized carbons (Fsp3) is 0.800. The number of nitrogens with zero attached hydrogens (tertiary/aromatic N) is 3. The van der Waals surface area contributed by atoms with Crippen molar-refractivity contribution in [2.45, 2.75) is 64.9 Å². The lowest BCUT2D eigenvalue weighted by Gasteiger charge is -2.56. The third kappa shape index (κ3) is 3.08. The van der Waals surface area contributed by atoms with Crippen molar-refractivity contribution in [3.63, 3.8) is 0 Å². The van der Waals surface area contributed by atoms with Crippen LogP contribution < -0.4 is 5.43 Å². The van der Waals surface area contributed by atoms with Gasteiger partial charge in [-0.05, 0) is 86.2 Å². The third-order valence-electron chi connectivity index (χ3n) is 10.00. The first-order valence-corrected chi connectivity index (χ1v) is 13.3. The second kappa shape index (κ2) is 7.28. The minimum Gasteiger partial charge on any atom is -0.393 e. The summed E-state index contributed by atoms with van der Waals surface area (Å²) in [6.07, 6.45) is 10.8. The van der Waals surface area contributed by atoms with Crippen LogP contribution in [0.1, 0.15) is 62.9 Å². The highest BCUT2D eigenvalue weighted by molar-refractivity contribution is 7.16. The molecule has 0 unspecified atom stereocenters. The summed E-state index contributed by atoms with van der Waals surface area (Å²) in [7, 11) is 2.20. The Hall–Kier alpha value is -0.950. The molecule has 3 fully saturated rings. The fourth-order valence-electron chi connectivity index (χ4n) is 7.95. The molecule has 6 atom stereocenters. The predicted octanol–water partition coefficient (Wildman–Crippen LogP) is 4.26. The molecular weight excluding hydrogens is 404 g/mol. The number of rotatable bonds is 2. The van der Waals surface area contributed by atoms with Gasteiger partial charge in [-0.1, -0.05) is 31.3 Å². The molecule has 0 bridgehead atoms. The first-order chi connectivity index (χ1) is 14.9. The van der Waals surface area contributed by atoms with Crippen molar-refractivity contribution in [2.24, 2.45) is 28.6 Å². The maximum Gasteiger partial charge on any atom is 0.198 e. The second-order valence-electron chi connectivity index (χ2n) is 11.5. The first-order valence-electron chi connectivity index (χ1n) is 12.5. The number of aryl methyl sites for hydroxylation is 1. The van der Waals surface area contributed by atoms with Gasteiger partial charge in [-0.15, -0.1) is 0 Å². The summed E-state index contributed by atoms with van der Waals surface area (Å²) in [5, 5.41) is 14.1. The van der Waals surface area contributed by atoms with E-state index in [0.29, 0.717) is 5.92 Å². The van der Waals surface area contributed by atoms with Gasteiger partial charge in [-0.3, -0.25) is 5.43 Å². The first kappa shape index (κ1) is 20.6. The Balaban J connectivity index is 1.27. The Morgan fingerprint density at radius 2 is 1.90 bits per heavy atom. The highest BCUT2D eigenvalue weighted by Crippen LogP contribution is 2.66. The van der Waals surface area contributed by atoms with Gasteiger partial charge in [0, 0.05) is 26.2 Å². The summed E-state index contributed by atoms with van der Waals surface area (Å²) in [6.45, 7) is 9.26. The van der Waals surface area contributed by atoms with Crippen molar-refractivity contribution in [3.8, 4) is 0 Å². The number of nitrogens with one attached hydrogen (secondary N) is 1. The number of fused-ring (bicyclic) bond motifs is 7. The Labute approximate surface area is 190 Å². The van der Waals surface area contributed by atoms with Gasteiger partial charge >= 0.3 is 0 Å². The van der Waals surface area contributed by atoms with Crippen LogP contribution in [0.4, 0.5) is 5.13 Å². The monoisotopic (exact) mass is 442 g/mol. The van der Waals surface area contributed by atoms with Gasteiger partial charge in [0.1, 0.15) is 0 Å². The Morgan fingerprint density at radius 1 is 1.10 bits per heavy atom. The van der Waals surface area contributed by atoms with E-state index in [4.69, 9.17) is 4.98 Å².